The number of alkyl halides is 3. The van der Waals surface area contributed by atoms with E-state index in [-0.39, 0.29) is 0 Å². The lowest BCUT2D eigenvalue weighted by molar-refractivity contribution is -0.142. The van der Waals surface area contributed by atoms with Gasteiger partial charge < -0.3 is 15.5 Å². The molecule has 13 heavy (non-hydrogen) atoms. The number of aliphatic hydroxyl groups is 1. The Kier molecular flexibility index (Phi) is 4.77. The van der Waals surface area contributed by atoms with Crippen LogP contribution in [0.3, 0.4) is 0 Å². The largest absolute Gasteiger partial charge is 0.480 e. The fourth-order valence-electron chi connectivity index (χ4n) is 0.426. The van der Waals surface area contributed by atoms with Gasteiger partial charge in [0, 0.05) is 0 Å². The molecule has 0 saturated heterocycles. The van der Waals surface area contributed by atoms with Gasteiger partial charge in [-0.05, 0) is 0 Å². The first kappa shape index (κ1) is 12.8. The number of rotatable bonds is 3. The Hall–Kier alpha value is -0.230. The second kappa shape index (κ2) is 4.85. The molecule has 1 atom stereocenters. The average molecular weight is 250 g/mol. The highest BCUT2D eigenvalue weighted by Crippen LogP contribution is 2.25. The minimum Gasteiger partial charge on any atom is -0.480 e. The molecule has 0 aliphatic carbocycles. The van der Waals surface area contributed by atoms with E-state index in [1.807, 2.05) is 5.32 Å². The highest BCUT2D eigenvalue weighted by Gasteiger charge is 2.33. The molecular weight excluding hydrogens is 244 g/mol. The molecule has 0 aliphatic rings. The highest BCUT2D eigenvalue weighted by atomic mass is 35.6. The molecule has 0 aromatic rings. The van der Waals surface area contributed by atoms with Gasteiger partial charge in [-0.3, -0.25) is 4.79 Å². The Balaban J connectivity index is 4.26. The van der Waals surface area contributed by atoms with Crippen molar-refractivity contribution in [2.45, 2.75) is 9.83 Å². The van der Waals surface area contributed by atoms with Crippen LogP contribution in [0.15, 0.2) is 0 Å². The first-order chi connectivity index (χ1) is 5.79. The predicted octanol–water partition coefficient (Wildman–Crippen LogP) is -0.0817. The van der Waals surface area contributed by atoms with Crippen LogP contribution in [-0.2, 0) is 9.59 Å². The minimum atomic E-state index is -2.23. The van der Waals surface area contributed by atoms with Crippen LogP contribution in [0.4, 0.5) is 0 Å². The van der Waals surface area contributed by atoms with Crippen LogP contribution < -0.4 is 5.32 Å². The summed E-state index contributed by atoms with van der Waals surface area (Å²) in [5, 5.41) is 18.7. The van der Waals surface area contributed by atoms with E-state index in [4.69, 9.17) is 45.0 Å². The molecule has 3 N–H and O–H groups in total. The Morgan fingerprint density at radius 3 is 2.08 bits per heavy atom. The summed E-state index contributed by atoms with van der Waals surface area (Å²) in [6.07, 6.45) is 0. The third-order valence-corrected chi connectivity index (χ3v) is 1.56. The fraction of sp³-hybridized carbons (Fsp3) is 0.600. The first-order valence-corrected chi connectivity index (χ1v) is 4.13. The van der Waals surface area contributed by atoms with Crippen molar-refractivity contribution in [3.63, 3.8) is 0 Å². The van der Waals surface area contributed by atoms with E-state index in [0.717, 1.165) is 0 Å². The van der Waals surface area contributed by atoms with Crippen molar-refractivity contribution in [3.8, 4) is 0 Å². The molecule has 5 nitrogen and oxygen atoms in total. The number of nitrogens with one attached hydrogen (secondary N) is 1. The molecule has 0 radical (unpaired) electrons. The van der Waals surface area contributed by atoms with Crippen LogP contribution >= 0.6 is 34.8 Å². The summed E-state index contributed by atoms with van der Waals surface area (Å²) in [6.45, 7) is -0.776. The number of carboxylic acid groups (broad SMARTS) is 1. The van der Waals surface area contributed by atoms with E-state index < -0.39 is 28.3 Å². The normalized spacial score (nSPS) is 13.5. The van der Waals surface area contributed by atoms with E-state index in [0.29, 0.717) is 0 Å². The van der Waals surface area contributed by atoms with Gasteiger partial charge in [0.1, 0.15) is 6.04 Å². The molecule has 0 saturated carbocycles. The molecule has 1 amide bonds. The zero-order valence-corrected chi connectivity index (χ0v) is 8.40. The van der Waals surface area contributed by atoms with Gasteiger partial charge in [0.25, 0.3) is 9.70 Å². The standard InChI is InChI=1S/C5H6Cl3NO4/c6-5(7,8)4(13)9-2(1-10)3(11)12/h2,10H,1H2,(H,9,13)(H,11,12)/t2-/m1/s1. The number of carboxylic acids is 1. The van der Waals surface area contributed by atoms with Crippen molar-refractivity contribution in [2.24, 2.45) is 0 Å². The maximum absolute atomic E-state index is 10.9. The molecular formula is C5H6Cl3NO4. The van der Waals surface area contributed by atoms with Crippen molar-refractivity contribution in [1.29, 1.82) is 0 Å². The Morgan fingerprint density at radius 1 is 1.38 bits per heavy atom. The van der Waals surface area contributed by atoms with Crippen molar-refractivity contribution < 1.29 is 19.8 Å². The van der Waals surface area contributed by atoms with Crippen LogP contribution in [-0.4, -0.2) is 38.5 Å². The average Bonchev–Trinajstić information content (AvgIpc) is 1.96. The van der Waals surface area contributed by atoms with Gasteiger partial charge >= 0.3 is 5.97 Å². The lowest BCUT2D eigenvalue weighted by Crippen LogP contribution is -2.47. The van der Waals surface area contributed by atoms with Crippen LogP contribution in [0, 0.1) is 0 Å². The van der Waals surface area contributed by atoms with Crippen LogP contribution in [0.25, 0.3) is 0 Å². The first-order valence-electron chi connectivity index (χ1n) is 3.00. The Labute approximate surface area is 88.6 Å². The third-order valence-electron chi connectivity index (χ3n) is 1.04. The highest BCUT2D eigenvalue weighted by molar-refractivity contribution is 6.76. The summed E-state index contributed by atoms with van der Waals surface area (Å²) in [5.41, 5.74) is 0. The molecule has 0 fully saturated rings. The summed E-state index contributed by atoms with van der Waals surface area (Å²) in [7, 11) is 0. The number of hydrogen-bond donors (Lipinski definition) is 3. The zero-order valence-electron chi connectivity index (χ0n) is 6.13. The van der Waals surface area contributed by atoms with Crippen molar-refractivity contribution >= 4 is 46.7 Å². The molecule has 8 heteroatoms. The molecule has 0 aromatic carbocycles. The van der Waals surface area contributed by atoms with Gasteiger partial charge in [-0.15, -0.1) is 0 Å². The molecule has 0 unspecified atom stereocenters. The van der Waals surface area contributed by atoms with Gasteiger partial charge in [0.2, 0.25) is 0 Å². The Bertz CT molecular complexity index is 214. The molecule has 0 bridgehead atoms. The fourth-order valence-corrected chi connectivity index (χ4v) is 0.589. The lowest BCUT2D eigenvalue weighted by Gasteiger charge is -2.15. The number of carbonyl (C=O) groups excluding carboxylic acids is 1. The van der Waals surface area contributed by atoms with Crippen molar-refractivity contribution in [1.82, 2.24) is 5.32 Å². The molecule has 0 spiro atoms. The third kappa shape index (κ3) is 4.52. The van der Waals surface area contributed by atoms with Gasteiger partial charge in [0.15, 0.2) is 0 Å². The van der Waals surface area contributed by atoms with E-state index in [9.17, 15) is 9.59 Å². The molecule has 0 aromatic heterocycles. The van der Waals surface area contributed by atoms with Gasteiger partial charge in [-0.1, -0.05) is 34.8 Å². The smallest absolute Gasteiger partial charge is 0.328 e. The molecule has 76 valence electrons. The number of amides is 1. The summed E-state index contributed by atoms with van der Waals surface area (Å²) in [5.74, 6) is -2.51. The van der Waals surface area contributed by atoms with E-state index in [1.165, 1.54) is 0 Å². The van der Waals surface area contributed by atoms with E-state index in [2.05, 4.69) is 0 Å². The van der Waals surface area contributed by atoms with Crippen molar-refractivity contribution in [2.75, 3.05) is 6.61 Å². The quantitative estimate of drug-likeness (QED) is 0.611. The van der Waals surface area contributed by atoms with Crippen LogP contribution in [0.2, 0.25) is 0 Å². The SMILES string of the molecule is O=C(O)[C@@H](CO)NC(=O)C(Cl)(Cl)Cl. The maximum Gasteiger partial charge on any atom is 0.328 e. The van der Waals surface area contributed by atoms with Gasteiger partial charge in [-0.25, -0.2) is 4.79 Å². The summed E-state index contributed by atoms with van der Waals surface area (Å²) in [6, 6.07) is -1.47. The van der Waals surface area contributed by atoms with Crippen LogP contribution in [0.5, 0.6) is 0 Å². The topological polar surface area (TPSA) is 86.6 Å². The van der Waals surface area contributed by atoms with Gasteiger partial charge in [-0.2, -0.15) is 0 Å². The predicted molar refractivity (Wildman–Crippen MR) is 46.9 cm³/mol. The summed E-state index contributed by atoms with van der Waals surface area (Å²) >= 11 is 15.4. The number of aliphatic hydroxyl groups excluding tert-OH is 1. The van der Waals surface area contributed by atoms with Crippen LogP contribution in [0.1, 0.15) is 0 Å². The zero-order chi connectivity index (χ0) is 10.6. The number of halogens is 3. The minimum absolute atomic E-state index is 0.776. The lowest BCUT2D eigenvalue weighted by atomic mass is 10.3. The summed E-state index contributed by atoms with van der Waals surface area (Å²) < 4.78 is -2.23. The number of carbonyl (C=O) groups is 2. The molecule has 0 heterocycles. The molecule has 0 rings (SSSR count). The van der Waals surface area contributed by atoms with Gasteiger partial charge in [0.05, 0.1) is 6.61 Å². The maximum atomic E-state index is 10.9. The summed E-state index contributed by atoms with van der Waals surface area (Å²) in [4.78, 5) is 21.1. The second-order valence-electron chi connectivity index (χ2n) is 2.04. The second-order valence-corrected chi connectivity index (χ2v) is 4.33. The number of aliphatic carboxylic acids is 1. The molecule has 0 aliphatic heterocycles. The van der Waals surface area contributed by atoms with E-state index >= 15 is 0 Å². The van der Waals surface area contributed by atoms with Crippen molar-refractivity contribution in [3.05, 3.63) is 0 Å². The Morgan fingerprint density at radius 2 is 1.85 bits per heavy atom. The van der Waals surface area contributed by atoms with E-state index in [1.54, 1.807) is 0 Å². The monoisotopic (exact) mass is 249 g/mol. The number of hydrogen-bond acceptors (Lipinski definition) is 3.